The molecule has 1 atom stereocenters. The van der Waals surface area contributed by atoms with E-state index in [1.165, 1.54) is 4.31 Å². The van der Waals surface area contributed by atoms with Crippen molar-refractivity contribution in [2.75, 3.05) is 46.0 Å². The van der Waals surface area contributed by atoms with E-state index in [0.29, 0.717) is 51.9 Å². The summed E-state index contributed by atoms with van der Waals surface area (Å²) in [7, 11) is -3.35. The zero-order valence-corrected chi connectivity index (χ0v) is 14.0. The van der Waals surface area contributed by atoms with E-state index in [2.05, 4.69) is 13.8 Å². The topological polar surface area (TPSA) is 59.1 Å². The van der Waals surface area contributed by atoms with Crippen LogP contribution < -0.4 is 0 Å². The van der Waals surface area contributed by atoms with Gasteiger partial charge < -0.3 is 9.47 Å². The van der Waals surface area contributed by atoms with E-state index in [4.69, 9.17) is 9.47 Å². The number of nitrogens with zero attached hydrogens (tertiary/aromatic N) is 2. The van der Waals surface area contributed by atoms with Crippen LogP contribution in [0.5, 0.6) is 0 Å². The lowest BCUT2D eigenvalue weighted by Crippen LogP contribution is -2.53. The molecule has 2 saturated heterocycles. The van der Waals surface area contributed by atoms with Gasteiger partial charge in [0.25, 0.3) is 10.2 Å². The fourth-order valence-electron chi connectivity index (χ4n) is 2.77. The zero-order valence-electron chi connectivity index (χ0n) is 13.2. The SMILES string of the molecule is CC(C)CCCC1CN(S(=O)(=O)N2CCOCC2)CCO1. The molecule has 0 radical (unpaired) electrons. The zero-order chi connectivity index (χ0) is 15.3. The molecule has 7 heteroatoms. The average molecular weight is 320 g/mol. The summed E-state index contributed by atoms with van der Waals surface area (Å²) in [4.78, 5) is 0. The van der Waals surface area contributed by atoms with Gasteiger partial charge in [0.1, 0.15) is 0 Å². The summed E-state index contributed by atoms with van der Waals surface area (Å²) in [5, 5.41) is 0. The summed E-state index contributed by atoms with van der Waals surface area (Å²) in [6.45, 7) is 7.74. The molecule has 0 aliphatic carbocycles. The van der Waals surface area contributed by atoms with Crippen molar-refractivity contribution >= 4 is 10.2 Å². The average Bonchev–Trinajstić information content (AvgIpc) is 2.48. The first-order valence-electron chi connectivity index (χ1n) is 7.94. The quantitative estimate of drug-likeness (QED) is 0.735. The Balaban J connectivity index is 1.87. The molecule has 0 amide bonds. The van der Waals surface area contributed by atoms with Gasteiger partial charge >= 0.3 is 0 Å². The normalized spacial score (nSPS) is 26.3. The Morgan fingerprint density at radius 1 is 1.10 bits per heavy atom. The van der Waals surface area contributed by atoms with Gasteiger partial charge in [-0.2, -0.15) is 17.0 Å². The highest BCUT2D eigenvalue weighted by atomic mass is 32.2. The van der Waals surface area contributed by atoms with Gasteiger partial charge in [-0.25, -0.2) is 0 Å². The molecule has 0 bridgehead atoms. The van der Waals surface area contributed by atoms with Crippen LogP contribution >= 0.6 is 0 Å². The lowest BCUT2D eigenvalue weighted by Gasteiger charge is -2.36. The predicted molar refractivity (Wildman–Crippen MR) is 81.3 cm³/mol. The standard InChI is InChI=1S/C14H28N2O4S/c1-13(2)4-3-5-14-12-16(8-11-20-14)21(17,18)15-6-9-19-10-7-15/h13-14H,3-12H2,1-2H3. The Bertz CT molecular complexity index is 407. The van der Waals surface area contributed by atoms with Crippen molar-refractivity contribution in [3.8, 4) is 0 Å². The Hall–Kier alpha value is -0.210. The van der Waals surface area contributed by atoms with Crippen LogP contribution in [0.4, 0.5) is 0 Å². The van der Waals surface area contributed by atoms with Crippen LogP contribution in [0.1, 0.15) is 33.1 Å². The molecular formula is C14H28N2O4S. The van der Waals surface area contributed by atoms with E-state index < -0.39 is 10.2 Å². The van der Waals surface area contributed by atoms with Crippen LogP contribution in [-0.2, 0) is 19.7 Å². The fraction of sp³-hybridized carbons (Fsp3) is 1.00. The molecule has 21 heavy (non-hydrogen) atoms. The van der Waals surface area contributed by atoms with Crippen molar-refractivity contribution in [1.29, 1.82) is 0 Å². The molecule has 0 aromatic heterocycles. The van der Waals surface area contributed by atoms with Crippen LogP contribution in [0.3, 0.4) is 0 Å². The van der Waals surface area contributed by atoms with Crippen LogP contribution in [0.15, 0.2) is 0 Å². The summed E-state index contributed by atoms with van der Waals surface area (Å²) in [6, 6.07) is 0. The van der Waals surface area contributed by atoms with Crippen molar-refractivity contribution in [2.24, 2.45) is 5.92 Å². The Labute approximate surface area is 128 Å². The van der Waals surface area contributed by atoms with E-state index in [1.54, 1.807) is 4.31 Å². The first kappa shape index (κ1) is 17.1. The minimum absolute atomic E-state index is 0.0355. The van der Waals surface area contributed by atoms with E-state index >= 15 is 0 Å². The molecule has 0 saturated carbocycles. The lowest BCUT2D eigenvalue weighted by molar-refractivity contribution is -0.0104. The summed E-state index contributed by atoms with van der Waals surface area (Å²) >= 11 is 0. The minimum Gasteiger partial charge on any atom is -0.379 e. The highest BCUT2D eigenvalue weighted by Gasteiger charge is 2.34. The Morgan fingerprint density at radius 3 is 2.43 bits per heavy atom. The van der Waals surface area contributed by atoms with Crippen molar-refractivity contribution in [1.82, 2.24) is 8.61 Å². The van der Waals surface area contributed by atoms with Gasteiger partial charge in [-0.05, 0) is 12.3 Å². The fourth-order valence-corrected chi connectivity index (χ4v) is 4.37. The van der Waals surface area contributed by atoms with Crippen LogP contribution in [0.25, 0.3) is 0 Å². The number of morpholine rings is 2. The largest absolute Gasteiger partial charge is 0.379 e. The summed E-state index contributed by atoms with van der Waals surface area (Å²) in [6.07, 6.45) is 3.23. The molecular weight excluding hydrogens is 292 g/mol. The van der Waals surface area contributed by atoms with Crippen molar-refractivity contribution < 1.29 is 17.9 Å². The molecule has 2 fully saturated rings. The van der Waals surface area contributed by atoms with Gasteiger partial charge in [0, 0.05) is 26.2 Å². The van der Waals surface area contributed by atoms with Crippen molar-refractivity contribution in [2.45, 2.75) is 39.2 Å². The van der Waals surface area contributed by atoms with Gasteiger partial charge in [-0.1, -0.05) is 26.7 Å². The van der Waals surface area contributed by atoms with Gasteiger partial charge in [-0.3, -0.25) is 0 Å². The highest BCUT2D eigenvalue weighted by molar-refractivity contribution is 7.86. The molecule has 1 unspecified atom stereocenters. The number of rotatable bonds is 6. The maximum Gasteiger partial charge on any atom is 0.282 e. The second kappa shape index (κ2) is 7.87. The third-order valence-electron chi connectivity index (χ3n) is 4.03. The van der Waals surface area contributed by atoms with E-state index in [0.717, 1.165) is 19.3 Å². The number of ether oxygens (including phenoxy) is 2. The molecule has 2 aliphatic heterocycles. The maximum absolute atomic E-state index is 12.6. The van der Waals surface area contributed by atoms with E-state index in [1.807, 2.05) is 0 Å². The molecule has 0 aromatic rings. The molecule has 2 rings (SSSR count). The minimum atomic E-state index is -3.35. The number of hydrogen-bond acceptors (Lipinski definition) is 4. The molecule has 0 aromatic carbocycles. The number of hydrogen-bond donors (Lipinski definition) is 0. The highest BCUT2D eigenvalue weighted by Crippen LogP contribution is 2.19. The Kier molecular flexibility index (Phi) is 6.43. The van der Waals surface area contributed by atoms with E-state index in [9.17, 15) is 8.42 Å². The molecule has 124 valence electrons. The summed E-state index contributed by atoms with van der Waals surface area (Å²) < 4.78 is 39.3. The maximum atomic E-state index is 12.6. The van der Waals surface area contributed by atoms with Crippen molar-refractivity contribution in [3.63, 3.8) is 0 Å². The third-order valence-corrected chi connectivity index (χ3v) is 6.03. The predicted octanol–water partition coefficient (Wildman–Crippen LogP) is 1.09. The summed E-state index contributed by atoms with van der Waals surface area (Å²) in [5.41, 5.74) is 0. The van der Waals surface area contributed by atoms with Crippen LogP contribution in [0, 0.1) is 5.92 Å². The Morgan fingerprint density at radius 2 is 1.76 bits per heavy atom. The van der Waals surface area contributed by atoms with Gasteiger partial charge in [-0.15, -0.1) is 0 Å². The molecule has 0 N–H and O–H groups in total. The van der Waals surface area contributed by atoms with Gasteiger partial charge in [0.15, 0.2) is 0 Å². The van der Waals surface area contributed by atoms with Crippen molar-refractivity contribution in [3.05, 3.63) is 0 Å². The smallest absolute Gasteiger partial charge is 0.282 e. The molecule has 2 aliphatic rings. The molecule has 2 heterocycles. The monoisotopic (exact) mass is 320 g/mol. The third kappa shape index (κ3) is 4.89. The molecule has 6 nitrogen and oxygen atoms in total. The second-order valence-corrected chi connectivity index (χ2v) is 8.12. The van der Waals surface area contributed by atoms with Gasteiger partial charge in [0.05, 0.1) is 25.9 Å². The second-order valence-electron chi connectivity index (χ2n) is 6.19. The van der Waals surface area contributed by atoms with E-state index in [-0.39, 0.29) is 6.10 Å². The first-order valence-corrected chi connectivity index (χ1v) is 9.34. The first-order chi connectivity index (χ1) is 10.00. The van der Waals surface area contributed by atoms with Crippen LogP contribution in [0.2, 0.25) is 0 Å². The molecule has 0 spiro atoms. The van der Waals surface area contributed by atoms with Gasteiger partial charge in [0.2, 0.25) is 0 Å². The lowest BCUT2D eigenvalue weighted by atomic mass is 10.0. The van der Waals surface area contributed by atoms with Crippen LogP contribution in [-0.4, -0.2) is 69.1 Å². The summed E-state index contributed by atoms with van der Waals surface area (Å²) in [5.74, 6) is 0.682.